The van der Waals surface area contributed by atoms with Crippen LogP contribution in [-0.2, 0) is 24.2 Å². The van der Waals surface area contributed by atoms with E-state index in [1.807, 2.05) is 7.11 Å². The van der Waals surface area contributed by atoms with Crippen molar-refractivity contribution in [3.8, 4) is 5.75 Å². The molecule has 2 heteroatoms. The summed E-state index contributed by atoms with van der Waals surface area (Å²) in [6.07, 6.45) is 10.5. The fraction of sp³-hybridized carbons (Fsp3) is 0.600. The first kappa shape index (κ1) is 22.0. The molecule has 2 aromatic rings. The Morgan fingerprint density at radius 2 is 1.88 bits per heavy atom. The topological polar surface area (TPSA) is 18.5 Å². The molecule has 0 amide bonds. The van der Waals surface area contributed by atoms with Crippen LogP contribution in [0.4, 0.5) is 0 Å². The molecule has 3 aliphatic rings. The third-order valence-corrected chi connectivity index (χ3v) is 9.39. The maximum Gasteiger partial charge on any atom is 0.123 e. The van der Waals surface area contributed by atoms with Gasteiger partial charge in [-0.15, -0.1) is 0 Å². The van der Waals surface area contributed by atoms with Crippen molar-refractivity contribution < 1.29 is 9.47 Å². The normalized spacial score (nSPS) is 31.0. The van der Waals surface area contributed by atoms with E-state index in [9.17, 15) is 0 Å². The van der Waals surface area contributed by atoms with Crippen LogP contribution in [0.3, 0.4) is 0 Å². The molecule has 0 radical (unpaired) electrons. The molecule has 0 aliphatic heterocycles. The van der Waals surface area contributed by atoms with Crippen LogP contribution >= 0.6 is 0 Å². The third-order valence-electron chi connectivity index (χ3n) is 9.39. The predicted octanol–water partition coefficient (Wildman–Crippen LogP) is 7.34. The van der Waals surface area contributed by atoms with Crippen LogP contribution in [0.5, 0.6) is 5.75 Å². The molecule has 0 heterocycles. The Morgan fingerprint density at radius 3 is 2.66 bits per heavy atom. The summed E-state index contributed by atoms with van der Waals surface area (Å²) < 4.78 is 11.8. The molecule has 0 bridgehead atoms. The Morgan fingerprint density at radius 1 is 1.03 bits per heavy atom. The van der Waals surface area contributed by atoms with Gasteiger partial charge in [-0.2, -0.15) is 0 Å². The van der Waals surface area contributed by atoms with Crippen LogP contribution in [0, 0.1) is 23.2 Å². The summed E-state index contributed by atoms with van der Waals surface area (Å²) in [7, 11) is 1.85. The van der Waals surface area contributed by atoms with Gasteiger partial charge in [-0.1, -0.05) is 50.2 Å². The van der Waals surface area contributed by atoms with E-state index in [-0.39, 0.29) is 0 Å². The van der Waals surface area contributed by atoms with Crippen LogP contribution in [0.25, 0.3) is 0 Å². The van der Waals surface area contributed by atoms with E-state index in [4.69, 9.17) is 9.47 Å². The average Bonchev–Trinajstić information content (AvgIpc) is 3.17. The molecule has 0 aromatic heterocycles. The maximum absolute atomic E-state index is 6.34. The largest absolute Gasteiger partial charge is 0.489 e. The molecule has 2 saturated carbocycles. The number of methoxy groups -OCH3 is 1. The second-order valence-corrected chi connectivity index (χ2v) is 10.8. The molecular weight excluding hydrogens is 392 g/mol. The minimum Gasteiger partial charge on any atom is -0.489 e. The molecule has 2 aromatic carbocycles. The highest BCUT2D eigenvalue weighted by molar-refractivity contribution is 5.46. The SMILES string of the molecule is CCc1cc2c(cc1OCc1ccccc1)CC[C@@H]1[C@@H]2CC[C@]2(C)[C@@H](CCOC)CC[C@@H]12. The van der Waals surface area contributed by atoms with Crippen molar-refractivity contribution in [2.75, 3.05) is 13.7 Å². The summed E-state index contributed by atoms with van der Waals surface area (Å²) in [6, 6.07) is 15.5. The van der Waals surface area contributed by atoms with Crippen molar-refractivity contribution in [1.82, 2.24) is 0 Å². The molecule has 5 rings (SSSR count). The fourth-order valence-electron chi connectivity index (χ4n) is 7.63. The minimum atomic E-state index is 0.531. The van der Waals surface area contributed by atoms with E-state index < -0.39 is 0 Å². The number of hydrogen-bond donors (Lipinski definition) is 0. The lowest BCUT2D eigenvalue weighted by Crippen LogP contribution is -2.42. The van der Waals surface area contributed by atoms with E-state index in [0.717, 1.165) is 42.4 Å². The van der Waals surface area contributed by atoms with Gasteiger partial charge in [0.05, 0.1) is 0 Å². The summed E-state index contributed by atoms with van der Waals surface area (Å²) in [4.78, 5) is 0. The van der Waals surface area contributed by atoms with Crippen molar-refractivity contribution in [1.29, 1.82) is 0 Å². The minimum absolute atomic E-state index is 0.531. The highest BCUT2D eigenvalue weighted by Gasteiger charge is 2.54. The molecular formula is C30H40O2. The molecule has 172 valence electrons. The van der Waals surface area contributed by atoms with E-state index in [1.165, 1.54) is 56.1 Å². The van der Waals surface area contributed by atoms with Crippen molar-refractivity contribution in [3.63, 3.8) is 0 Å². The monoisotopic (exact) mass is 432 g/mol. The van der Waals surface area contributed by atoms with Gasteiger partial charge in [0.25, 0.3) is 0 Å². The standard InChI is InChI=1S/C30H40O2/c1-4-22-18-27-23(19-29(22)32-20-21-8-6-5-7-9-21)10-12-26-25(27)14-16-30(2)24(15-17-31-3)11-13-28(26)30/h5-9,18-19,24-26,28H,4,10-17,20H2,1-3H3/t24-,25+,26-,28+,30-/m1/s1. The van der Waals surface area contributed by atoms with Gasteiger partial charge >= 0.3 is 0 Å². The Hall–Kier alpha value is -1.80. The molecule has 0 unspecified atom stereocenters. The van der Waals surface area contributed by atoms with Crippen LogP contribution in [-0.4, -0.2) is 13.7 Å². The van der Waals surface area contributed by atoms with Crippen LogP contribution in [0.2, 0.25) is 0 Å². The highest BCUT2D eigenvalue weighted by Crippen LogP contribution is 2.63. The first-order valence-electron chi connectivity index (χ1n) is 13.0. The van der Waals surface area contributed by atoms with Crippen molar-refractivity contribution >= 4 is 0 Å². The van der Waals surface area contributed by atoms with Gasteiger partial charge < -0.3 is 9.47 Å². The first-order chi connectivity index (χ1) is 15.6. The summed E-state index contributed by atoms with van der Waals surface area (Å²) in [5, 5.41) is 0. The summed E-state index contributed by atoms with van der Waals surface area (Å²) in [5.74, 6) is 4.49. The molecule has 0 N–H and O–H groups in total. The number of benzene rings is 2. The Kier molecular flexibility index (Phi) is 6.34. The molecule has 0 spiro atoms. The summed E-state index contributed by atoms with van der Waals surface area (Å²) in [6.45, 7) is 6.47. The quantitative estimate of drug-likeness (QED) is 0.456. The van der Waals surface area contributed by atoms with Gasteiger partial charge in [-0.05, 0) is 109 Å². The fourth-order valence-corrected chi connectivity index (χ4v) is 7.63. The molecule has 32 heavy (non-hydrogen) atoms. The average molecular weight is 433 g/mol. The van der Waals surface area contributed by atoms with Crippen molar-refractivity contribution in [2.24, 2.45) is 23.2 Å². The van der Waals surface area contributed by atoms with Gasteiger partial charge in [0.15, 0.2) is 0 Å². The van der Waals surface area contributed by atoms with Gasteiger partial charge in [0.2, 0.25) is 0 Å². The zero-order valence-electron chi connectivity index (χ0n) is 20.2. The number of rotatable bonds is 7. The number of aryl methyl sites for hydroxylation is 2. The van der Waals surface area contributed by atoms with Crippen LogP contribution in [0.1, 0.15) is 80.5 Å². The Bertz CT molecular complexity index is 920. The third kappa shape index (κ3) is 3.89. The number of ether oxygens (including phenoxy) is 2. The first-order valence-corrected chi connectivity index (χ1v) is 13.0. The van der Waals surface area contributed by atoms with Crippen molar-refractivity contribution in [2.45, 2.75) is 77.7 Å². The predicted molar refractivity (Wildman–Crippen MR) is 131 cm³/mol. The smallest absolute Gasteiger partial charge is 0.123 e. The number of fused-ring (bicyclic) bond motifs is 5. The van der Waals surface area contributed by atoms with Gasteiger partial charge in [-0.25, -0.2) is 0 Å². The van der Waals surface area contributed by atoms with Gasteiger partial charge in [0, 0.05) is 13.7 Å². The van der Waals surface area contributed by atoms with E-state index in [2.05, 4.69) is 56.3 Å². The lowest BCUT2D eigenvalue weighted by molar-refractivity contribution is 0.0181. The van der Waals surface area contributed by atoms with E-state index >= 15 is 0 Å². The lowest BCUT2D eigenvalue weighted by Gasteiger charge is -2.51. The molecule has 0 saturated heterocycles. The van der Waals surface area contributed by atoms with Gasteiger partial charge in [0.1, 0.15) is 12.4 Å². The molecule has 3 aliphatic carbocycles. The molecule has 2 fully saturated rings. The summed E-state index contributed by atoms with van der Waals surface area (Å²) >= 11 is 0. The second kappa shape index (κ2) is 9.21. The van der Waals surface area contributed by atoms with Crippen molar-refractivity contribution in [3.05, 3.63) is 64.7 Å². The second-order valence-electron chi connectivity index (χ2n) is 10.8. The highest BCUT2D eigenvalue weighted by atomic mass is 16.5. The van der Waals surface area contributed by atoms with E-state index in [1.54, 1.807) is 11.1 Å². The van der Waals surface area contributed by atoms with Crippen LogP contribution < -0.4 is 4.74 Å². The lowest BCUT2D eigenvalue weighted by atomic mass is 9.54. The van der Waals surface area contributed by atoms with E-state index in [0.29, 0.717) is 12.0 Å². The Balaban J connectivity index is 1.37. The Labute approximate surface area is 194 Å². The summed E-state index contributed by atoms with van der Waals surface area (Å²) in [5.41, 5.74) is 6.38. The molecule has 2 nitrogen and oxygen atoms in total. The number of hydrogen-bond acceptors (Lipinski definition) is 2. The zero-order valence-corrected chi connectivity index (χ0v) is 20.2. The van der Waals surface area contributed by atoms with Gasteiger partial charge in [-0.3, -0.25) is 0 Å². The maximum atomic E-state index is 6.34. The molecule has 5 atom stereocenters. The van der Waals surface area contributed by atoms with Crippen LogP contribution in [0.15, 0.2) is 42.5 Å². The zero-order chi connectivity index (χ0) is 22.1.